The molecule has 1 fully saturated rings. The average Bonchev–Trinajstić information content (AvgIpc) is 2.71. The van der Waals surface area contributed by atoms with Gasteiger partial charge in [0.15, 0.2) is 5.96 Å². The highest BCUT2D eigenvalue weighted by Gasteiger charge is 2.22. The number of hydrogen-bond donors (Lipinski definition) is 1. The van der Waals surface area contributed by atoms with E-state index in [1.807, 2.05) is 23.1 Å². The Morgan fingerprint density at radius 1 is 1.15 bits per heavy atom. The third-order valence-electron chi connectivity index (χ3n) is 4.55. The van der Waals surface area contributed by atoms with Crippen molar-refractivity contribution in [2.24, 2.45) is 4.99 Å². The van der Waals surface area contributed by atoms with E-state index >= 15 is 0 Å². The number of piperazine rings is 1. The maximum atomic E-state index is 14.0. The first-order valence-corrected chi connectivity index (χ1v) is 8.75. The van der Waals surface area contributed by atoms with Gasteiger partial charge in [-0.15, -0.1) is 0 Å². The Hall–Kier alpha value is -3.14. The van der Waals surface area contributed by atoms with Crippen molar-refractivity contribution in [2.75, 3.05) is 38.1 Å². The summed E-state index contributed by atoms with van der Waals surface area (Å²) in [6, 6.07) is 13.1. The molecular weight excluding hydrogens is 348 g/mol. The smallest absolute Gasteiger partial charge is 0.194 e. The van der Waals surface area contributed by atoms with Gasteiger partial charge in [0.1, 0.15) is 11.6 Å². The number of hydrogen-bond acceptors (Lipinski definition) is 3. The van der Waals surface area contributed by atoms with Gasteiger partial charge in [-0.05, 0) is 29.8 Å². The number of nitrogens with zero attached hydrogens (tertiary/aromatic N) is 4. The number of anilines is 1. The zero-order valence-corrected chi connectivity index (χ0v) is 15.1. The van der Waals surface area contributed by atoms with E-state index in [1.54, 1.807) is 13.1 Å². The highest BCUT2D eigenvalue weighted by Crippen LogP contribution is 2.22. The van der Waals surface area contributed by atoms with Crippen LogP contribution in [0.15, 0.2) is 47.5 Å². The van der Waals surface area contributed by atoms with E-state index in [0.717, 1.165) is 23.7 Å². The quantitative estimate of drug-likeness (QED) is 0.668. The highest BCUT2D eigenvalue weighted by molar-refractivity contribution is 5.80. The zero-order valence-electron chi connectivity index (χ0n) is 15.1. The minimum absolute atomic E-state index is 0.297. The van der Waals surface area contributed by atoms with E-state index in [1.165, 1.54) is 6.07 Å². The normalized spacial score (nSPS) is 14.8. The van der Waals surface area contributed by atoms with Crippen LogP contribution >= 0.6 is 0 Å². The van der Waals surface area contributed by atoms with Crippen molar-refractivity contribution in [1.82, 2.24) is 10.2 Å². The molecule has 3 rings (SSSR count). The Bertz CT molecular complexity index is 867. The van der Waals surface area contributed by atoms with Crippen molar-refractivity contribution >= 4 is 11.6 Å². The van der Waals surface area contributed by atoms with Crippen molar-refractivity contribution in [3.05, 3.63) is 65.2 Å². The van der Waals surface area contributed by atoms with E-state index in [2.05, 4.69) is 21.3 Å². The second-order valence-electron chi connectivity index (χ2n) is 6.28. The summed E-state index contributed by atoms with van der Waals surface area (Å²) in [6.45, 7) is 3.00. The van der Waals surface area contributed by atoms with Gasteiger partial charge in [0, 0.05) is 45.8 Å². The lowest BCUT2D eigenvalue weighted by atomic mass is 10.1. The molecule has 1 saturated heterocycles. The van der Waals surface area contributed by atoms with Crippen LogP contribution in [-0.2, 0) is 6.54 Å². The molecule has 0 unspecified atom stereocenters. The summed E-state index contributed by atoms with van der Waals surface area (Å²) < 4.78 is 27.4. The maximum Gasteiger partial charge on any atom is 0.194 e. The summed E-state index contributed by atoms with van der Waals surface area (Å²) in [7, 11) is 1.71. The van der Waals surface area contributed by atoms with Crippen molar-refractivity contribution in [3.8, 4) is 6.07 Å². The molecule has 0 bridgehead atoms. The number of nitriles is 1. The van der Waals surface area contributed by atoms with Crippen LogP contribution in [0.5, 0.6) is 0 Å². The first kappa shape index (κ1) is 18.6. The lowest BCUT2D eigenvalue weighted by Gasteiger charge is -2.37. The molecule has 140 valence electrons. The fourth-order valence-electron chi connectivity index (χ4n) is 3.15. The highest BCUT2D eigenvalue weighted by atomic mass is 19.1. The standard InChI is InChI=1S/C20H21F2N5/c1-24-20(25-14-16-4-2-3-15(11-16)13-23)27-9-7-26(8-10-27)19-12-17(21)5-6-18(19)22/h2-6,11-12H,7-10,14H2,1H3,(H,24,25). The van der Waals surface area contributed by atoms with E-state index < -0.39 is 11.6 Å². The molecule has 1 aliphatic rings. The van der Waals surface area contributed by atoms with Crippen molar-refractivity contribution in [3.63, 3.8) is 0 Å². The second-order valence-corrected chi connectivity index (χ2v) is 6.28. The van der Waals surface area contributed by atoms with Gasteiger partial charge in [0.2, 0.25) is 0 Å². The lowest BCUT2D eigenvalue weighted by Crippen LogP contribution is -2.52. The summed E-state index contributed by atoms with van der Waals surface area (Å²) in [5, 5.41) is 12.3. The van der Waals surface area contributed by atoms with Crippen LogP contribution in [0.1, 0.15) is 11.1 Å². The number of benzene rings is 2. The fraction of sp³-hybridized carbons (Fsp3) is 0.300. The number of rotatable bonds is 3. The molecule has 1 aliphatic heterocycles. The van der Waals surface area contributed by atoms with E-state index in [9.17, 15) is 8.78 Å². The Labute approximate surface area is 157 Å². The lowest BCUT2D eigenvalue weighted by molar-refractivity contribution is 0.370. The Morgan fingerprint density at radius 3 is 2.63 bits per heavy atom. The van der Waals surface area contributed by atoms with Gasteiger partial charge in [-0.1, -0.05) is 12.1 Å². The fourth-order valence-corrected chi connectivity index (χ4v) is 3.15. The molecule has 0 saturated carbocycles. The van der Waals surface area contributed by atoms with Crippen LogP contribution in [0.4, 0.5) is 14.5 Å². The van der Waals surface area contributed by atoms with Crippen LogP contribution in [0.3, 0.4) is 0 Å². The van der Waals surface area contributed by atoms with Gasteiger partial charge in [-0.2, -0.15) is 5.26 Å². The minimum atomic E-state index is -0.439. The summed E-state index contributed by atoms with van der Waals surface area (Å²) in [4.78, 5) is 8.24. The maximum absolute atomic E-state index is 14.0. The molecule has 5 nitrogen and oxygen atoms in total. The molecule has 0 radical (unpaired) electrons. The van der Waals surface area contributed by atoms with Gasteiger partial charge in [0.25, 0.3) is 0 Å². The summed E-state index contributed by atoms with van der Waals surface area (Å²) in [6.07, 6.45) is 0. The molecule has 7 heteroatoms. The molecular formula is C20H21F2N5. The van der Waals surface area contributed by atoms with Crippen LogP contribution in [0, 0.1) is 23.0 Å². The molecule has 0 amide bonds. The molecule has 0 atom stereocenters. The van der Waals surface area contributed by atoms with E-state index in [4.69, 9.17) is 5.26 Å². The third-order valence-corrected chi connectivity index (χ3v) is 4.55. The number of guanidine groups is 1. The van der Waals surface area contributed by atoms with Gasteiger partial charge < -0.3 is 15.1 Å². The largest absolute Gasteiger partial charge is 0.366 e. The number of nitrogens with one attached hydrogen (secondary N) is 1. The first-order chi connectivity index (χ1) is 13.1. The Kier molecular flexibility index (Phi) is 5.87. The van der Waals surface area contributed by atoms with E-state index in [0.29, 0.717) is 44.0 Å². The van der Waals surface area contributed by atoms with Gasteiger partial charge in [-0.3, -0.25) is 4.99 Å². The Morgan fingerprint density at radius 2 is 1.93 bits per heavy atom. The van der Waals surface area contributed by atoms with Crippen LogP contribution in [0.25, 0.3) is 0 Å². The molecule has 1 heterocycles. The molecule has 0 spiro atoms. The SMILES string of the molecule is CN=C(NCc1cccc(C#N)c1)N1CCN(c2cc(F)ccc2F)CC1. The number of aliphatic imine (C=N–C) groups is 1. The number of halogens is 2. The summed E-state index contributed by atoms with van der Waals surface area (Å²) in [5.41, 5.74) is 1.91. The van der Waals surface area contributed by atoms with Crippen LogP contribution in [-0.4, -0.2) is 44.1 Å². The predicted molar refractivity (Wildman–Crippen MR) is 101 cm³/mol. The summed E-state index contributed by atoms with van der Waals surface area (Å²) >= 11 is 0. The van der Waals surface area contributed by atoms with Gasteiger partial charge in [0.05, 0.1) is 17.3 Å². The average molecular weight is 369 g/mol. The van der Waals surface area contributed by atoms with E-state index in [-0.39, 0.29) is 0 Å². The van der Waals surface area contributed by atoms with Crippen LogP contribution in [0.2, 0.25) is 0 Å². The van der Waals surface area contributed by atoms with Crippen molar-refractivity contribution < 1.29 is 8.78 Å². The second kappa shape index (κ2) is 8.49. The first-order valence-electron chi connectivity index (χ1n) is 8.75. The van der Waals surface area contributed by atoms with Gasteiger partial charge in [-0.25, -0.2) is 8.78 Å². The molecule has 1 N–H and O–H groups in total. The minimum Gasteiger partial charge on any atom is -0.366 e. The predicted octanol–water partition coefficient (Wildman–Crippen LogP) is 2.73. The zero-order chi connectivity index (χ0) is 19.2. The van der Waals surface area contributed by atoms with Crippen molar-refractivity contribution in [2.45, 2.75) is 6.54 Å². The summed E-state index contributed by atoms with van der Waals surface area (Å²) in [5.74, 6) is -0.104. The molecule has 2 aromatic carbocycles. The molecule has 2 aromatic rings. The Balaban J connectivity index is 1.59. The molecule has 27 heavy (non-hydrogen) atoms. The molecule has 0 aliphatic carbocycles. The van der Waals surface area contributed by atoms with Crippen molar-refractivity contribution in [1.29, 1.82) is 5.26 Å². The molecule has 0 aromatic heterocycles. The van der Waals surface area contributed by atoms with Crippen LogP contribution < -0.4 is 10.2 Å². The topological polar surface area (TPSA) is 54.7 Å². The third kappa shape index (κ3) is 4.53. The van der Waals surface area contributed by atoms with Gasteiger partial charge >= 0.3 is 0 Å². The monoisotopic (exact) mass is 369 g/mol.